The normalized spacial score (nSPS) is 40.7. The smallest absolute Gasteiger partial charge is 0.308 e. The highest BCUT2D eigenvalue weighted by molar-refractivity contribution is 5.70. The summed E-state index contributed by atoms with van der Waals surface area (Å²) in [5, 5.41) is 71.7. The second-order valence-electron chi connectivity index (χ2n) is 18.1. The van der Waals surface area contributed by atoms with E-state index in [-0.39, 0.29) is 44.8 Å². The largest absolute Gasteiger partial charge is 0.463 e. The summed E-state index contributed by atoms with van der Waals surface area (Å²) in [5.74, 6) is -1.74. The van der Waals surface area contributed by atoms with E-state index in [1.165, 1.54) is 7.11 Å². The monoisotopic (exact) mass is 886 g/mol. The molecule has 0 amide bonds. The van der Waals surface area contributed by atoms with Gasteiger partial charge in [-0.3, -0.25) is 9.59 Å². The van der Waals surface area contributed by atoms with Gasteiger partial charge < -0.3 is 74.0 Å². The number of anilines is 1. The van der Waals surface area contributed by atoms with Gasteiger partial charge in [0.2, 0.25) is 0 Å². The summed E-state index contributed by atoms with van der Waals surface area (Å²) in [5.41, 5.74) is -0.678. The van der Waals surface area contributed by atoms with E-state index in [4.69, 9.17) is 33.2 Å². The van der Waals surface area contributed by atoms with Gasteiger partial charge in [0, 0.05) is 44.7 Å². The molecule has 3 saturated heterocycles. The Hall–Kier alpha value is -2.59. The first-order chi connectivity index (χ1) is 29.2. The molecule has 18 heteroatoms. The number of esters is 2. The van der Waals surface area contributed by atoms with Crippen molar-refractivity contribution in [2.45, 2.75) is 197 Å². The lowest BCUT2D eigenvalue weighted by Gasteiger charge is -2.50. The molecule has 3 fully saturated rings. The average molecular weight is 886 g/mol. The zero-order chi connectivity index (χ0) is 46.1. The van der Waals surface area contributed by atoms with Crippen LogP contribution in [0, 0.1) is 18.8 Å². The number of rotatable bonds is 12. The van der Waals surface area contributed by atoms with E-state index in [9.17, 15) is 40.2 Å². The van der Waals surface area contributed by atoms with Crippen LogP contribution in [0.4, 0.5) is 5.82 Å². The first-order valence-corrected chi connectivity index (χ1v) is 22.1. The number of carbonyl (C=O) groups excluding carboxylic acids is 2. The minimum Gasteiger partial charge on any atom is -0.463 e. The van der Waals surface area contributed by atoms with Crippen molar-refractivity contribution in [2.24, 2.45) is 11.8 Å². The van der Waals surface area contributed by atoms with Gasteiger partial charge in [-0.15, -0.1) is 0 Å². The Morgan fingerprint density at radius 3 is 2.29 bits per heavy atom. The maximum Gasteiger partial charge on any atom is 0.308 e. The number of cyclic esters (lactones) is 1. The fourth-order valence-corrected chi connectivity index (χ4v) is 9.26. The fraction of sp³-hybridized carbons (Fsp3) is 0.841. The minimum atomic E-state index is -1.49. The number of aliphatic hydroxyl groups excluding tert-OH is 5. The number of methoxy groups -OCH3 is 1. The van der Waals surface area contributed by atoms with Crippen molar-refractivity contribution in [3.8, 4) is 0 Å². The Labute approximate surface area is 366 Å². The fourth-order valence-electron chi connectivity index (χ4n) is 9.26. The van der Waals surface area contributed by atoms with Crippen LogP contribution in [0.3, 0.4) is 0 Å². The lowest BCUT2D eigenvalue weighted by atomic mass is 9.81. The summed E-state index contributed by atoms with van der Waals surface area (Å²) in [7, 11) is 4.86. The van der Waals surface area contributed by atoms with E-state index < -0.39 is 122 Å². The molecule has 0 spiro atoms. The number of aromatic nitrogens is 1. The standard InChI is InChI=1S/C44H75N3O15/c1-11-33(51)60-42-27(6)58-35(22-44(42,7)55)61-39-26(5)59-43(38(54)36(39)47(8)9)62-40-28(17-18-48)19-23(2)37(53)30(49)16-15-29(46-32-14-12-13-24(3)45-32)20-25(4)57-34(52)21-31(50)41(40)56-10/h12-14,23,25-31,35-43,48-50,53-55H,11,15-22H2,1-10H3,(H,45,46)/t23-,25-,26-,27+,28+,29+,30-,31-,35+,36-,37-,38-,39-,40+,41+,42+,43+,44-/m1/s1. The van der Waals surface area contributed by atoms with Crippen LogP contribution in [0.1, 0.15) is 98.6 Å². The van der Waals surface area contributed by atoms with Gasteiger partial charge in [0.15, 0.2) is 18.7 Å². The van der Waals surface area contributed by atoms with Gasteiger partial charge in [-0.05, 0) is 98.4 Å². The highest BCUT2D eigenvalue weighted by atomic mass is 16.7. The number of carbonyl (C=O) groups is 2. The van der Waals surface area contributed by atoms with Gasteiger partial charge in [0.25, 0.3) is 0 Å². The molecule has 0 radical (unpaired) electrons. The van der Waals surface area contributed by atoms with Gasteiger partial charge in [-0.1, -0.05) is 19.9 Å². The van der Waals surface area contributed by atoms with E-state index in [1.54, 1.807) is 60.5 Å². The summed E-state index contributed by atoms with van der Waals surface area (Å²) in [6.07, 6.45) is -12.8. The molecule has 0 saturated carbocycles. The number of nitrogens with zero attached hydrogens (tertiary/aromatic N) is 2. The minimum absolute atomic E-state index is 0.0426. The van der Waals surface area contributed by atoms with Crippen LogP contribution in [-0.4, -0.2) is 178 Å². The summed E-state index contributed by atoms with van der Waals surface area (Å²) in [6, 6.07) is 4.51. The molecule has 1 aromatic rings. The van der Waals surface area contributed by atoms with E-state index in [0.29, 0.717) is 18.7 Å². The Kier molecular flexibility index (Phi) is 19.8. The van der Waals surface area contributed by atoms with E-state index in [2.05, 4.69) is 10.3 Å². The number of hydrogen-bond donors (Lipinski definition) is 7. The van der Waals surface area contributed by atoms with Gasteiger partial charge in [-0.2, -0.15) is 0 Å². The number of likely N-dealkylation sites (N-methyl/N-ethyl adjacent to an activating group) is 1. The summed E-state index contributed by atoms with van der Waals surface area (Å²) in [4.78, 5) is 31.8. The van der Waals surface area contributed by atoms with Crippen LogP contribution < -0.4 is 5.32 Å². The summed E-state index contributed by atoms with van der Waals surface area (Å²) in [6.45, 7) is 11.7. The molecule has 18 atom stereocenters. The van der Waals surface area contributed by atoms with Crippen LogP contribution in [0.2, 0.25) is 0 Å². The van der Waals surface area contributed by atoms with E-state index >= 15 is 0 Å². The molecule has 0 aliphatic carbocycles. The molecule has 18 nitrogen and oxygen atoms in total. The molecule has 3 aliphatic rings. The molecule has 7 N–H and O–H groups in total. The maximum atomic E-state index is 13.4. The van der Waals surface area contributed by atoms with Crippen molar-refractivity contribution in [2.75, 3.05) is 33.1 Å². The van der Waals surface area contributed by atoms with Crippen molar-refractivity contribution in [1.82, 2.24) is 9.88 Å². The van der Waals surface area contributed by atoms with E-state index in [0.717, 1.165) is 5.69 Å². The lowest BCUT2D eigenvalue weighted by molar-refractivity contribution is -0.344. The van der Waals surface area contributed by atoms with Gasteiger partial charge in [-0.25, -0.2) is 4.98 Å². The highest BCUT2D eigenvalue weighted by Gasteiger charge is 2.52. The molecule has 3 aliphatic heterocycles. The Morgan fingerprint density at radius 2 is 1.68 bits per heavy atom. The van der Waals surface area contributed by atoms with E-state index in [1.807, 2.05) is 25.1 Å². The third-order valence-electron chi connectivity index (χ3n) is 12.5. The summed E-state index contributed by atoms with van der Waals surface area (Å²) < 4.78 is 42.7. The predicted octanol–water partition coefficient (Wildman–Crippen LogP) is 1.81. The second-order valence-corrected chi connectivity index (χ2v) is 18.1. The third-order valence-corrected chi connectivity index (χ3v) is 12.5. The van der Waals surface area contributed by atoms with Crippen LogP contribution in [0.25, 0.3) is 0 Å². The van der Waals surface area contributed by atoms with Gasteiger partial charge >= 0.3 is 11.9 Å². The maximum absolute atomic E-state index is 13.4. The van der Waals surface area contributed by atoms with Crippen LogP contribution in [0.5, 0.6) is 0 Å². The number of aryl methyl sites for hydroxylation is 1. The first-order valence-electron chi connectivity index (χ1n) is 22.1. The first kappa shape index (κ1) is 52.0. The molecule has 0 bridgehead atoms. The third kappa shape index (κ3) is 14.0. The van der Waals surface area contributed by atoms with Crippen molar-refractivity contribution in [1.29, 1.82) is 0 Å². The molecule has 62 heavy (non-hydrogen) atoms. The van der Waals surface area contributed by atoms with Crippen molar-refractivity contribution in [3.05, 3.63) is 23.9 Å². The zero-order valence-electron chi connectivity index (χ0n) is 38.2. The molecular weight excluding hydrogens is 810 g/mol. The van der Waals surface area contributed by atoms with Crippen LogP contribution in [0.15, 0.2) is 18.2 Å². The van der Waals surface area contributed by atoms with Crippen LogP contribution in [-0.2, 0) is 42.7 Å². The quantitative estimate of drug-likeness (QED) is 0.148. The Balaban J connectivity index is 1.59. The Bertz CT molecular complexity index is 1540. The molecule has 4 rings (SSSR count). The number of nitrogens with one attached hydrogen (secondary N) is 1. The predicted molar refractivity (Wildman–Crippen MR) is 226 cm³/mol. The van der Waals surface area contributed by atoms with Crippen molar-refractivity contribution >= 4 is 17.8 Å². The number of aliphatic hydroxyl groups is 6. The van der Waals surface area contributed by atoms with Crippen LogP contribution >= 0.6 is 0 Å². The molecule has 356 valence electrons. The molecule has 0 aromatic carbocycles. The van der Waals surface area contributed by atoms with Crippen molar-refractivity contribution in [3.63, 3.8) is 0 Å². The second kappa shape index (κ2) is 23.6. The van der Waals surface area contributed by atoms with Gasteiger partial charge in [0.1, 0.15) is 35.8 Å². The SMILES string of the molecule is CCC(=O)O[C@H]1[C@H](C)O[C@@H](O[C@H]2[C@H](N(C)C)[C@@H](O)[C@H](O[C@H]3[C@@H](CCO)C[C@@H](C)[C@@H](O)[C@H](O)CC[C@H](Nc4cccc(C)n4)C[C@@H](C)OC(=O)C[C@@H](O)[C@@H]3OC)O[C@@H]2C)C[C@@]1(C)O. The zero-order valence-corrected chi connectivity index (χ0v) is 38.2. The number of hydrogen-bond acceptors (Lipinski definition) is 18. The van der Waals surface area contributed by atoms with Crippen molar-refractivity contribution < 1.29 is 73.4 Å². The number of pyridine rings is 1. The highest BCUT2D eigenvalue weighted by Crippen LogP contribution is 2.38. The average Bonchev–Trinajstić information content (AvgIpc) is 3.18. The van der Waals surface area contributed by atoms with Gasteiger partial charge in [0.05, 0.1) is 49.1 Å². The molecule has 4 heterocycles. The Morgan fingerprint density at radius 1 is 0.968 bits per heavy atom. The topological polar surface area (TPSA) is 248 Å². The summed E-state index contributed by atoms with van der Waals surface area (Å²) >= 11 is 0. The number of ether oxygens (including phenoxy) is 7. The lowest BCUT2D eigenvalue weighted by Crippen LogP contribution is -2.66. The molecule has 1 aromatic heterocycles. The molecular formula is C44H75N3O15. The molecule has 0 unspecified atom stereocenters.